The molecule has 2 aliphatic heterocycles. The number of methoxy groups -OCH3 is 1. The van der Waals surface area contributed by atoms with Crippen molar-refractivity contribution in [1.82, 2.24) is 15.5 Å². The minimum absolute atomic E-state index is 0. The second-order valence-corrected chi connectivity index (χ2v) is 6.80. The molecule has 2 aliphatic rings. The van der Waals surface area contributed by atoms with E-state index in [9.17, 15) is 4.79 Å². The predicted molar refractivity (Wildman–Crippen MR) is 102 cm³/mol. The number of benzene rings is 1. The number of halogens is 1. The number of ether oxygens (including phenoxy) is 1. The third-order valence-electron chi connectivity index (χ3n) is 5.24. The fourth-order valence-electron chi connectivity index (χ4n) is 3.79. The van der Waals surface area contributed by atoms with Gasteiger partial charge in [0.15, 0.2) is 0 Å². The number of likely N-dealkylation sites (tertiary alicyclic amines) is 1. The summed E-state index contributed by atoms with van der Waals surface area (Å²) in [5, 5.41) is 6.53. The van der Waals surface area contributed by atoms with Crippen molar-refractivity contribution in [3.63, 3.8) is 0 Å². The first-order chi connectivity index (χ1) is 11.8. The summed E-state index contributed by atoms with van der Waals surface area (Å²) >= 11 is 0. The van der Waals surface area contributed by atoms with Crippen molar-refractivity contribution >= 4 is 18.3 Å². The number of hydrogen-bond donors (Lipinski definition) is 2. The maximum Gasteiger partial charge on any atom is 0.223 e. The molecule has 2 fully saturated rings. The number of hydrogen-bond acceptors (Lipinski definition) is 4. The zero-order chi connectivity index (χ0) is 16.8. The summed E-state index contributed by atoms with van der Waals surface area (Å²) in [4.78, 5) is 15.0. The molecule has 0 bridgehead atoms. The van der Waals surface area contributed by atoms with E-state index < -0.39 is 0 Å². The fraction of sp³-hybridized carbons (Fsp3) is 0.632. The Morgan fingerprint density at radius 2 is 2.04 bits per heavy atom. The minimum atomic E-state index is 0. The van der Waals surface area contributed by atoms with Crippen molar-refractivity contribution in [2.24, 2.45) is 5.92 Å². The lowest BCUT2D eigenvalue weighted by atomic mass is 9.97. The highest BCUT2D eigenvalue weighted by Crippen LogP contribution is 2.27. The molecule has 1 atom stereocenters. The third-order valence-corrected chi connectivity index (χ3v) is 5.24. The molecule has 0 saturated carbocycles. The molecular formula is C19H30ClN3O2. The first-order valence-electron chi connectivity index (χ1n) is 9.14. The number of nitrogens with one attached hydrogen (secondary N) is 2. The molecule has 140 valence electrons. The molecular weight excluding hydrogens is 338 g/mol. The SMILES string of the molecule is COc1cccc(C(CNC(=O)C2CCNCC2)N2CCCC2)c1.Cl. The van der Waals surface area contributed by atoms with Gasteiger partial charge in [-0.1, -0.05) is 12.1 Å². The molecule has 0 radical (unpaired) electrons. The van der Waals surface area contributed by atoms with Crippen LogP contribution in [0, 0.1) is 5.92 Å². The van der Waals surface area contributed by atoms with Crippen molar-refractivity contribution < 1.29 is 9.53 Å². The van der Waals surface area contributed by atoms with Crippen LogP contribution < -0.4 is 15.4 Å². The molecule has 5 nitrogen and oxygen atoms in total. The normalized spacial score (nSPS) is 19.9. The topological polar surface area (TPSA) is 53.6 Å². The van der Waals surface area contributed by atoms with E-state index in [1.807, 2.05) is 12.1 Å². The van der Waals surface area contributed by atoms with Gasteiger partial charge in [-0.3, -0.25) is 9.69 Å². The maximum absolute atomic E-state index is 12.5. The number of piperidine rings is 1. The van der Waals surface area contributed by atoms with Crippen molar-refractivity contribution in [3.05, 3.63) is 29.8 Å². The molecule has 0 aromatic heterocycles. The summed E-state index contributed by atoms with van der Waals surface area (Å²) in [6, 6.07) is 8.47. The van der Waals surface area contributed by atoms with Gasteiger partial charge in [0.25, 0.3) is 0 Å². The average molecular weight is 368 g/mol. The van der Waals surface area contributed by atoms with Gasteiger partial charge in [0.2, 0.25) is 5.91 Å². The van der Waals surface area contributed by atoms with Gasteiger partial charge in [-0.2, -0.15) is 0 Å². The van der Waals surface area contributed by atoms with Gasteiger partial charge in [0.05, 0.1) is 13.2 Å². The van der Waals surface area contributed by atoms with E-state index in [0.717, 1.165) is 44.8 Å². The first kappa shape index (κ1) is 20.0. The number of amides is 1. The lowest BCUT2D eigenvalue weighted by molar-refractivity contribution is -0.126. The van der Waals surface area contributed by atoms with Gasteiger partial charge in [0, 0.05) is 12.5 Å². The van der Waals surface area contributed by atoms with Crippen LogP contribution in [0.1, 0.15) is 37.3 Å². The van der Waals surface area contributed by atoms with E-state index >= 15 is 0 Å². The second-order valence-electron chi connectivity index (χ2n) is 6.80. The number of rotatable bonds is 6. The van der Waals surface area contributed by atoms with E-state index in [-0.39, 0.29) is 30.3 Å². The van der Waals surface area contributed by atoms with Crippen molar-refractivity contribution in [1.29, 1.82) is 0 Å². The van der Waals surface area contributed by atoms with Gasteiger partial charge >= 0.3 is 0 Å². The van der Waals surface area contributed by atoms with Crippen molar-refractivity contribution in [2.75, 3.05) is 39.8 Å². The molecule has 1 aromatic rings. The molecule has 25 heavy (non-hydrogen) atoms. The van der Waals surface area contributed by atoms with Crippen LogP contribution in [0.5, 0.6) is 5.75 Å². The Labute approximate surface area is 156 Å². The monoisotopic (exact) mass is 367 g/mol. The number of carbonyl (C=O) groups is 1. The zero-order valence-electron chi connectivity index (χ0n) is 15.0. The molecule has 0 spiro atoms. The first-order valence-corrected chi connectivity index (χ1v) is 9.14. The van der Waals surface area contributed by atoms with E-state index in [1.54, 1.807) is 7.11 Å². The van der Waals surface area contributed by atoms with Crippen LogP contribution in [0.15, 0.2) is 24.3 Å². The van der Waals surface area contributed by atoms with E-state index in [1.165, 1.54) is 18.4 Å². The van der Waals surface area contributed by atoms with Gasteiger partial charge in [-0.15, -0.1) is 12.4 Å². The van der Waals surface area contributed by atoms with Crippen LogP contribution in [0.4, 0.5) is 0 Å². The minimum Gasteiger partial charge on any atom is -0.497 e. The van der Waals surface area contributed by atoms with Gasteiger partial charge in [-0.05, 0) is 69.6 Å². The highest BCUT2D eigenvalue weighted by atomic mass is 35.5. The van der Waals surface area contributed by atoms with Crippen LogP contribution >= 0.6 is 12.4 Å². The Balaban J connectivity index is 0.00000225. The predicted octanol–water partition coefficient (Wildman–Crippen LogP) is 2.37. The van der Waals surface area contributed by atoms with Gasteiger partial charge in [0.1, 0.15) is 5.75 Å². The van der Waals surface area contributed by atoms with Gasteiger partial charge in [-0.25, -0.2) is 0 Å². The second kappa shape index (κ2) is 10.00. The van der Waals surface area contributed by atoms with Crippen LogP contribution in [0.3, 0.4) is 0 Å². The highest BCUT2D eigenvalue weighted by Gasteiger charge is 2.26. The van der Waals surface area contributed by atoms with Crippen molar-refractivity contribution in [3.8, 4) is 5.75 Å². The number of nitrogens with zero attached hydrogens (tertiary/aromatic N) is 1. The average Bonchev–Trinajstić information content (AvgIpc) is 3.17. The smallest absolute Gasteiger partial charge is 0.223 e. The maximum atomic E-state index is 12.5. The Kier molecular flexibility index (Phi) is 8.00. The van der Waals surface area contributed by atoms with E-state index in [0.29, 0.717) is 6.54 Å². The third kappa shape index (κ3) is 5.33. The molecule has 6 heteroatoms. The van der Waals surface area contributed by atoms with Crippen molar-refractivity contribution in [2.45, 2.75) is 31.7 Å². The Morgan fingerprint density at radius 1 is 1.32 bits per heavy atom. The summed E-state index contributed by atoms with van der Waals surface area (Å²) in [6.07, 6.45) is 4.37. The largest absolute Gasteiger partial charge is 0.497 e. The number of carbonyl (C=O) groups excluding carboxylic acids is 1. The molecule has 1 aromatic carbocycles. The summed E-state index contributed by atoms with van der Waals surface area (Å²) in [7, 11) is 1.70. The molecule has 2 N–H and O–H groups in total. The lowest BCUT2D eigenvalue weighted by Gasteiger charge is -2.29. The molecule has 0 aliphatic carbocycles. The lowest BCUT2D eigenvalue weighted by Crippen LogP contribution is -2.42. The fourth-order valence-corrected chi connectivity index (χ4v) is 3.79. The van der Waals surface area contributed by atoms with E-state index in [2.05, 4.69) is 27.7 Å². The standard InChI is InChI=1S/C19H29N3O2.ClH/c1-24-17-6-4-5-16(13-17)18(22-11-2-3-12-22)14-21-19(23)15-7-9-20-10-8-15;/h4-6,13,15,18,20H,2-3,7-12,14H2,1H3,(H,21,23);1H. The highest BCUT2D eigenvalue weighted by molar-refractivity contribution is 5.85. The Morgan fingerprint density at radius 3 is 2.72 bits per heavy atom. The quantitative estimate of drug-likeness (QED) is 0.810. The molecule has 2 heterocycles. The van der Waals surface area contributed by atoms with Crippen LogP contribution in [0.2, 0.25) is 0 Å². The summed E-state index contributed by atoms with van der Waals surface area (Å²) < 4.78 is 5.38. The van der Waals surface area contributed by atoms with Crippen LogP contribution in [-0.4, -0.2) is 50.6 Å². The van der Waals surface area contributed by atoms with Crippen LogP contribution in [0.25, 0.3) is 0 Å². The Hall–Kier alpha value is -1.30. The Bertz CT molecular complexity index is 543. The summed E-state index contributed by atoms with van der Waals surface area (Å²) in [5.74, 6) is 1.25. The van der Waals surface area contributed by atoms with E-state index in [4.69, 9.17) is 4.74 Å². The zero-order valence-corrected chi connectivity index (χ0v) is 15.8. The molecule has 1 amide bonds. The molecule has 3 rings (SSSR count). The van der Waals surface area contributed by atoms with Gasteiger partial charge < -0.3 is 15.4 Å². The summed E-state index contributed by atoms with van der Waals surface area (Å²) in [5.41, 5.74) is 1.22. The van der Waals surface area contributed by atoms with Crippen LogP contribution in [-0.2, 0) is 4.79 Å². The summed E-state index contributed by atoms with van der Waals surface area (Å²) in [6.45, 7) is 4.78. The molecule has 1 unspecified atom stereocenters. The molecule has 2 saturated heterocycles.